The van der Waals surface area contributed by atoms with E-state index in [0.29, 0.717) is 5.70 Å². The Kier molecular flexibility index (Phi) is 3.70. The molecule has 2 aromatic rings. The van der Waals surface area contributed by atoms with Crippen LogP contribution in [0.4, 0.5) is 0 Å². The molecular formula is C15H17N3O2. The first-order valence-electron chi connectivity index (χ1n) is 6.28. The zero-order chi connectivity index (χ0) is 14.8. The number of ketones is 1. The molecule has 1 N–H and O–H groups in total. The molecule has 0 aliphatic heterocycles. The number of benzene rings is 1. The topological polar surface area (TPSA) is 68.0 Å². The van der Waals surface area contributed by atoms with Crippen molar-refractivity contribution in [3.8, 4) is 5.75 Å². The van der Waals surface area contributed by atoms with Gasteiger partial charge in [-0.15, -0.1) is 0 Å². The summed E-state index contributed by atoms with van der Waals surface area (Å²) in [6.45, 7) is 5.55. The maximum absolute atomic E-state index is 12.5. The quantitative estimate of drug-likeness (QED) is 0.871. The molecule has 0 saturated heterocycles. The summed E-state index contributed by atoms with van der Waals surface area (Å²) in [5.74, 6) is 0.103. The lowest BCUT2D eigenvalue weighted by atomic mass is 9.88. The molecule has 0 unspecified atom stereocenters. The first-order valence-corrected chi connectivity index (χ1v) is 6.28. The van der Waals surface area contributed by atoms with Crippen LogP contribution in [-0.4, -0.2) is 25.7 Å². The van der Waals surface area contributed by atoms with Gasteiger partial charge in [0, 0.05) is 5.41 Å². The van der Waals surface area contributed by atoms with Gasteiger partial charge in [-0.2, -0.15) is 5.10 Å². The number of rotatable bonds is 3. The maximum atomic E-state index is 12.5. The number of aromatic hydroxyl groups is 1. The monoisotopic (exact) mass is 271 g/mol. The van der Waals surface area contributed by atoms with E-state index in [2.05, 4.69) is 10.1 Å². The van der Waals surface area contributed by atoms with E-state index in [0.717, 1.165) is 5.56 Å². The molecule has 1 aromatic carbocycles. The summed E-state index contributed by atoms with van der Waals surface area (Å²) in [5.41, 5.74) is 0.614. The van der Waals surface area contributed by atoms with E-state index in [9.17, 15) is 9.90 Å². The third-order valence-corrected chi connectivity index (χ3v) is 2.75. The summed E-state index contributed by atoms with van der Waals surface area (Å²) in [4.78, 5) is 16.4. The molecule has 0 bridgehead atoms. The van der Waals surface area contributed by atoms with E-state index >= 15 is 0 Å². The van der Waals surface area contributed by atoms with Gasteiger partial charge in [-0.1, -0.05) is 32.9 Å². The van der Waals surface area contributed by atoms with Gasteiger partial charge in [-0.05, 0) is 23.8 Å². The SMILES string of the molecule is CC(C)(C)C(=O)/C(=C\c1cccc(O)c1)n1cncn1. The van der Waals surface area contributed by atoms with Gasteiger partial charge in [0.05, 0.1) is 0 Å². The van der Waals surface area contributed by atoms with Gasteiger partial charge in [0.1, 0.15) is 24.1 Å². The number of aromatic nitrogens is 3. The Morgan fingerprint density at radius 3 is 2.65 bits per heavy atom. The van der Waals surface area contributed by atoms with Crippen LogP contribution in [0.3, 0.4) is 0 Å². The summed E-state index contributed by atoms with van der Waals surface area (Å²) >= 11 is 0. The van der Waals surface area contributed by atoms with Crippen molar-refractivity contribution >= 4 is 17.6 Å². The number of hydrogen-bond acceptors (Lipinski definition) is 4. The lowest BCUT2D eigenvalue weighted by molar-refractivity contribution is -0.120. The number of phenols is 1. The summed E-state index contributed by atoms with van der Waals surface area (Å²) in [6, 6.07) is 6.71. The summed E-state index contributed by atoms with van der Waals surface area (Å²) in [6.07, 6.45) is 4.56. The number of carbonyl (C=O) groups is 1. The molecule has 5 heteroatoms. The zero-order valence-corrected chi connectivity index (χ0v) is 11.7. The van der Waals surface area contributed by atoms with E-state index in [1.165, 1.54) is 17.3 Å². The average Bonchev–Trinajstić information content (AvgIpc) is 2.87. The van der Waals surface area contributed by atoms with Crippen LogP contribution < -0.4 is 0 Å². The molecule has 0 atom stereocenters. The average molecular weight is 271 g/mol. The van der Waals surface area contributed by atoms with E-state index < -0.39 is 5.41 Å². The third-order valence-electron chi connectivity index (χ3n) is 2.75. The number of phenolic OH excluding ortho intramolecular Hbond substituents is 1. The van der Waals surface area contributed by atoms with Crippen LogP contribution in [0, 0.1) is 5.41 Å². The van der Waals surface area contributed by atoms with Crippen LogP contribution in [0.5, 0.6) is 5.75 Å². The fourth-order valence-electron chi connectivity index (χ4n) is 1.73. The number of hydrogen-bond donors (Lipinski definition) is 1. The zero-order valence-electron chi connectivity index (χ0n) is 11.7. The summed E-state index contributed by atoms with van der Waals surface area (Å²) < 4.78 is 1.44. The van der Waals surface area contributed by atoms with Crippen LogP contribution >= 0.6 is 0 Å². The highest BCUT2D eigenvalue weighted by molar-refractivity contribution is 6.21. The molecule has 0 fully saturated rings. The third kappa shape index (κ3) is 3.12. The molecule has 0 amide bonds. The van der Waals surface area contributed by atoms with Crippen LogP contribution in [0.25, 0.3) is 11.8 Å². The standard InChI is InChI=1S/C15H17N3O2/c1-15(2,3)14(20)13(18-10-16-9-17-18)8-11-5-4-6-12(19)7-11/h4-10,19H,1-3H3/b13-8+. The van der Waals surface area contributed by atoms with E-state index in [-0.39, 0.29) is 11.5 Å². The predicted octanol–water partition coefficient (Wildman–Crippen LogP) is 2.60. The Labute approximate surface area is 117 Å². The molecule has 104 valence electrons. The molecule has 1 heterocycles. The number of allylic oxidation sites excluding steroid dienone is 1. The normalized spacial score (nSPS) is 12.4. The molecule has 20 heavy (non-hydrogen) atoms. The largest absolute Gasteiger partial charge is 0.508 e. The van der Waals surface area contributed by atoms with Crippen molar-refractivity contribution in [3.63, 3.8) is 0 Å². The second kappa shape index (κ2) is 5.28. The second-order valence-corrected chi connectivity index (χ2v) is 5.54. The molecule has 0 radical (unpaired) electrons. The number of nitrogens with zero attached hydrogens (tertiary/aromatic N) is 3. The minimum Gasteiger partial charge on any atom is -0.508 e. The highest BCUT2D eigenvalue weighted by Gasteiger charge is 2.26. The summed E-state index contributed by atoms with van der Waals surface area (Å²) in [7, 11) is 0. The van der Waals surface area contributed by atoms with E-state index in [4.69, 9.17) is 0 Å². The van der Waals surface area contributed by atoms with Crippen molar-refractivity contribution in [2.45, 2.75) is 20.8 Å². The molecule has 0 spiro atoms. The van der Waals surface area contributed by atoms with Crippen molar-refractivity contribution < 1.29 is 9.90 Å². The van der Waals surface area contributed by atoms with Crippen molar-refractivity contribution in [2.75, 3.05) is 0 Å². The molecular weight excluding hydrogens is 254 g/mol. The fourth-order valence-corrected chi connectivity index (χ4v) is 1.73. The van der Waals surface area contributed by atoms with E-state index in [1.54, 1.807) is 24.3 Å². The lowest BCUT2D eigenvalue weighted by Gasteiger charge is -2.18. The van der Waals surface area contributed by atoms with Crippen molar-refractivity contribution in [1.82, 2.24) is 14.8 Å². The van der Waals surface area contributed by atoms with Gasteiger partial charge in [-0.3, -0.25) is 4.79 Å². The van der Waals surface area contributed by atoms with Gasteiger partial charge in [0.25, 0.3) is 0 Å². The molecule has 0 aliphatic rings. The van der Waals surface area contributed by atoms with Gasteiger partial charge < -0.3 is 5.11 Å². The second-order valence-electron chi connectivity index (χ2n) is 5.54. The van der Waals surface area contributed by atoms with Crippen LogP contribution in [0.2, 0.25) is 0 Å². The van der Waals surface area contributed by atoms with Gasteiger partial charge in [0.15, 0.2) is 5.78 Å². The highest BCUT2D eigenvalue weighted by atomic mass is 16.3. The molecule has 1 aromatic heterocycles. The minimum atomic E-state index is -0.533. The van der Waals surface area contributed by atoms with Crippen molar-refractivity contribution in [2.24, 2.45) is 5.41 Å². The predicted molar refractivity (Wildman–Crippen MR) is 76.8 cm³/mol. The lowest BCUT2D eigenvalue weighted by Crippen LogP contribution is -2.24. The first kappa shape index (κ1) is 14.0. The van der Waals surface area contributed by atoms with Gasteiger partial charge in [0.2, 0.25) is 0 Å². The van der Waals surface area contributed by atoms with Gasteiger partial charge in [-0.25, -0.2) is 9.67 Å². The maximum Gasteiger partial charge on any atom is 0.186 e. The smallest absolute Gasteiger partial charge is 0.186 e. The fraction of sp³-hybridized carbons (Fsp3) is 0.267. The molecule has 0 saturated carbocycles. The van der Waals surface area contributed by atoms with E-state index in [1.807, 2.05) is 26.8 Å². The van der Waals surface area contributed by atoms with Crippen molar-refractivity contribution in [3.05, 3.63) is 42.5 Å². The summed E-state index contributed by atoms with van der Waals surface area (Å²) in [5, 5.41) is 13.5. The Hall–Kier alpha value is -2.43. The molecule has 2 rings (SSSR count). The number of carbonyl (C=O) groups excluding carboxylic acids is 1. The minimum absolute atomic E-state index is 0.0497. The Bertz CT molecular complexity index is 637. The molecule has 0 aliphatic carbocycles. The molecule has 5 nitrogen and oxygen atoms in total. The van der Waals surface area contributed by atoms with Crippen LogP contribution in [-0.2, 0) is 4.79 Å². The highest BCUT2D eigenvalue weighted by Crippen LogP contribution is 2.24. The van der Waals surface area contributed by atoms with Crippen LogP contribution in [0.15, 0.2) is 36.9 Å². The number of Topliss-reactive ketones (excluding diaryl/α,β-unsaturated/α-hetero) is 1. The van der Waals surface area contributed by atoms with Crippen molar-refractivity contribution in [1.29, 1.82) is 0 Å². The Balaban J connectivity index is 2.50. The van der Waals surface area contributed by atoms with Crippen LogP contribution in [0.1, 0.15) is 26.3 Å². The van der Waals surface area contributed by atoms with Gasteiger partial charge >= 0.3 is 0 Å². The Morgan fingerprint density at radius 2 is 2.10 bits per heavy atom. The Morgan fingerprint density at radius 1 is 1.35 bits per heavy atom. The first-order chi connectivity index (χ1) is 9.38.